The Balaban J connectivity index is 2.28. The first-order valence-electron chi connectivity index (χ1n) is 5.75. The Bertz CT molecular complexity index is 326. The van der Waals surface area contributed by atoms with Gasteiger partial charge in [-0.05, 0) is 37.8 Å². The van der Waals surface area contributed by atoms with E-state index in [4.69, 9.17) is 5.73 Å². The Morgan fingerprint density at radius 3 is 2.53 bits per heavy atom. The van der Waals surface area contributed by atoms with Crippen LogP contribution in [0.1, 0.15) is 24.0 Å². The van der Waals surface area contributed by atoms with E-state index in [9.17, 15) is 0 Å². The highest BCUT2D eigenvalue weighted by molar-refractivity contribution is 5.59. The number of benzene rings is 1. The van der Waals surface area contributed by atoms with E-state index in [1.54, 1.807) is 0 Å². The van der Waals surface area contributed by atoms with Crippen molar-refractivity contribution in [2.24, 2.45) is 5.73 Å². The highest BCUT2D eigenvalue weighted by atomic mass is 15.2. The summed E-state index contributed by atoms with van der Waals surface area (Å²) in [7, 11) is 0. The predicted octanol–water partition coefficient (Wildman–Crippen LogP) is 2.23. The van der Waals surface area contributed by atoms with Crippen LogP contribution in [0.25, 0.3) is 0 Å². The maximum absolute atomic E-state index is 6.02. The molecule has 1 aromatic carbocycles. The van der Waals surface area contributed by atoms with Gasteiger partial charge < -0.3 is 10.6 Å². The van der Waals surface area contributed by atoms with Gasteiger partial charge in [0, 0.05) is 24.8 Å². The van der Waals surface area contributed by atoms with E-state index in [1.807, 2.05) is 0 Å². The van der Waals surface area contributed by atoms with E-state index in [1.165, 1.54) is 29.7 Å². The summed E-state index contributed by atoms with van der Waals surface area (Å²) < 4.78 is 0. The highest BCUT2D eigenvalue weighted by Gasteiger charge is 2.19. The van der Waals surface area contributed by atoms with E-state index in [-0.39, 0.29) is 0 Å². The predicted molar refractivity (Wildman–Crippen MR) is 65.3 cm³/mol. The molecule has 2 N–H and O–H groups in total. The SMILES string of the molecule is Cc1cccc(C)c1N1CCCC(N)C1. The number of nitrogens with zero attached hydrogens (tertiary/aromatic N) is 1. The van der Waals surface area contributed by atoms with Crippen molar-refractivity contribution in [3.63, 3.8) is 0 Å². The zero-order valence-corrected chi connectivity index (χ0v) is 9.66. The lowest BCUT2D eigenvalue weighted by molar-refractivity contribution is 0.505. The average Bonchev–Trinajstić information content (AvgIpc) is 2.17. The molecule has 0 radical (unpaired) electrons. The summed E-state index contributed by atoms with van der Waals surface area (Å²) in [6, 6.07) is 6.83. The van der Waals surface area contributed by atoms with Crippen molar-refractivity contribution in [3.05, 3.63) is 29.3 Å². The second-order valence-corrected chi connectivity index (χ2v) is 4.59. The largest absolute Gasteiger partial charge is 0.370 e. The van der Waals surface area contributed by atoms with Crippen LogP contribution in [0.4, 0.5) is 5.69 Å². The van der Waals surface area contributed by atoms with Crippen LogP contribution >= 0.6 is 0 Å². The topological polar surface area (TPSA) is 29.3 Å². The minimum Gasteiger partial charge on any atom is -0.370 e. The zero-order valence-electron chi connectivity index (χ0n) is 9.66. The van der Waals surface area contributed by atoms with Crippen molar-refractivity contribution in [1.82, 2.24) is 0 Å². The van der Waals surface area contributed by atoms with Crippen molar-refractivity contribution in [2.75, 3.05) is 18.0 Å². The molecule has 0 aromatic heterocycles. The van der Waals surface area contributed by atoms with E-state index in [2.05, 4.69) is 36.9 Å². The molecule has 2 nitrogen and oxygen atoms in total. The summed E-state index contributed by atoms with van der Waals surface area (Å²) in [4.78, 5) is 2.44. The Labute approximate surface area is 92.1 Å². The lowest BCUT2D eigenvalue weighted by Crippen LogP contribution is -2.43. The average molecular weight is 204 g/mol. The Kier molecular flexibility index (Phi) is 2.96. The van der Waals surface area contributed by atoms with Gasteiger partial charge in [0.25, 0.3) is 0 Å². The van der Waals surface area contributed by atoms with Gasteiger partial charge in [-0.25, -0.2) is 0 Å². The minimum absolute atomic E-state index is 0.345. The van der Waals surface area contributed by atoms with Gasteiger partial charge in [-0.15, -0.1) is 0 Å². The number of rotatable bonds is 1. The molecule has 1 atom stereocenters. The molecule has 1 fully saturated rings. The number of piperidine rings is 1. The normalized spacial score (nSPS) is 21.8. The monoisotopic (exact) mass is 204 g/mol. The van der Waals surface area contributed by atoms with Crippen LogP contribution in [-0.4, -0.2) is 19.1 Å². The second-order valence-electron chi connectivity index (χ2n) is 4.59. The molecule has 0 bridgehead atoms. The number of para-hydroxylation sites is 1. The summed E-state index contributed by atoms with van der Waals surface area (Å²) in [5, 5.41) is 0. The molecule has 82 valence electrons. The fourth-order valence-corrected chi connectivity index (χ4v) is 2.52. The lowest BCUT2D eigenvalue weighted by atomic mass is 10.0. The van der Waals surface area contributed by atoms with E-state index in [0.717, 1.165) is 13.1 Å². The maximum Gasteiger partial charge on any atom is 0.0426 e. The van der Waals surface area contributed by atoms with E-state index < -0.39 is 0 Å². The van der Waals surface area contributed by atoms with Gasteiger partial charge in [-0.2, -0.15) is 0 Å². The third-order valence-corrected chi connectivity index (χ3v) is 3.21. The molecule has 0 amide bonds. The molecule has 1 unspecified atom stereocenters. The van der Waals surface area contributed by atoms with Gasteiger partial charge >= 0.3 is 0 Å². The smallest absolute Gasteiger partial charge is 0.0426 e. The van der Waals surface area contributed by atoms with Crippen molar-refractivity contribution in [2.45, 2.75) is 32.7 Å². The first kappa shape index (κ1) is 10.5. The number of hydrogen-bond acceptors (Lipinski definition) is 2. The zero-order chi connectivity index (χ0) is 10.8. The molecule has 2 heteroatoms. The van der Waals surface area contributed by atoms with Crippen molar-refractivity contribution in [1.29, 1.82) is 0 Å². The van der Waals surface area contributed by atoms with E-state index >= 15 is 0 Å². The molecule has 1 heterocycles. The molecule has 15 heavy (non-hydrogen) atoms. The van der Waals surface area contributed by atoms with Crippen LogP contribution in [0.5, 0.6) is 0 Å². The number of nitrogens with two attached hydrogens (primary N) is 1. The van der Waals surface area contributed by atoms with Gasteiger partial charge in [0.05, 0.1) is 0 Å². The molecular weight excluding hydrogens is 184 g/mol. The molecule has 2 rings (SSSR count). The first-order chi connectivity index (χ1) is 7.18. The van der Waals surface area contributed by atoms with Crippen LogP contribution in [0.2, 0.25) is 0 Å². The van der Waals surface area contributed by atoms with Crippen LogP contribution in [0.15, 0.2) is 18.2 Å². The van der Waals surface area contributed by atoms with Gasteiger partial charge in [-0.1, -0.05) is 18.2 Å². The summed E-state index contributed by atoms with van der Waals surface area (Å²) >= 11 is 0. The number of aryl methyl sites for hydroxylation is 2. The van der Waals surface area contributed by atoms with E-state index in [0.29, 0.717) is 6.04 Å². The molecule has 1 saturated heterocycles. The van der Waals surface area contributed by atoms with Crippen LogP contribution in [0.3, 0.4) is 0 Å². The minimum atomic E-state index is 0.345. The second kappa shape index (κ2) is 4.23. The Morgan fingerprint density at radius 2 is 1.93 bits per heavy atom. The van der Waals surface area contributed by atoms with Gasteiger partial charge in [0.15, 0.2) is 0 Å². The van der Waals surface area contributed by atoms with Crippen molar-refractivity contribution in [3.8, 4) is 0 Å². The van der Waals surface area contributed by atoms with Gasteiger partial charge in [-0.3, -0.25) is 0 Å². The van der Waals surface area contributed by atoms with Crippen LogP contribution in [0, 0.1) is 13.8 Å². The number of hydrogen-bond donors (Lipinski definition) is 1. The molecule has 0 spiro atoms. The molecule has 0 aliphatic carbocycles. The van der Waals surface area contributed by atoms with Crippen molar-refractivity contribution >= 4 is 5.69 Å². The molecular formula is C13H20N2. The standard InChI is InChI=1S/C13H20N2/c1-10-5-3-6-11(2)13(10)15-8-4-7-12(14)9-15/h3,5-6,12H,4,7-9,14H2,1-2H3. The maximum atomic E-state index is 6.02. The number of anilines is 1. The van der Waals surface area contributed by atoms with Crippen LogP contribution in [-0.2, 0) is 0 Å². The fraction of sp³-hybridized carbons (Fsp3) is 0.538. The summed E-state index contributed by atoms with van der Waals surface area (Å²) in [6.07, 6.45) is 2.39. The van der Waals surface area contributed by atoms with Crippen molar-refractivity contribution < 1.29 is 0 Å². The third kappa shape index (κ3) is 2.15. The fourth-order valence-electron chi connectivity index (χ4n) is 2.52. The summed E-state index contributed by atoms with van der Waals surface area (Å²) in [5.41, 5.74) is 10.1. The molecule has 1 aliphatic rings. The summed E-state index contributed by atoms with van der Waals surface area (Å²) in [5.74, 6) is 0. The lowest BCUT2D eigenvalue weighted by Gasteiger charge is -2.34. The third-order valence-electron chi connectivity index (χ3n) is 3.21. The Hall–Kier alpha value is -1.02. The summed E-state index contributed by atoms with van der Waals surface area (Å²) in [6.45, 7) is 6.52. The first-order valence-corrected chi connectivity index (χ1v) is 5.75. The Morgan fingerprint density at radius 1 is 1.27 bits per heavy atom. The van der Waals surface area contributed by atoms with Crippen LogP contribution < -0.4 is 10.6 Å². The molecule has 1 aromatic rings. The van der Waals surface area contributed by atoms with Gasteiger partial charge in [0.1, 0.15) is 0 Å². The highest BCUT2D eigenvalue weighted by Crippen LogP contribution is 2.26. The quantitative estimate of drug-likeness (QED) is 0.760. The molecule has 1 aliphatic heterocycles. The molecule has 0 saturated carbocycles. The van der Waals surface area contributed by atoms with Gasteiger partial charge in [0.2, 0.25) is 0 Å².